The topological polar surface area (TPSA) is 37.3 Å². The van der Waals surface area contributed by atoms with Crippen LogP contribution in [0.2, 0.25) is 0 Å². The van der Waals surface area contributed by atoms with Crippen LogP contribution in [-0.4, -0.2) is 11.1 Å². The van der Waals surface area contributed by atoms with Gasteiger partial charge in [0.15, 0.2) is 0 Å². The van der Waals surface area contributed by atoms with Gasteiger partial charge in [0.2, 0.25) is 0 Å². The highest BCUT2D eigenvalue weighted by Crippen LogP contribution is 2.46. The molecule has 13 heavy (non-hydrogen) atoms. The van der Waals surface area contributed by atoms with Gasteiger partial charge in [-0.05, 0) is 31.1 Å². The monoisotopic (exact) mass is 184 g/mol. The van der Waals surface area contributed by atoms with E-state index in [1.54, 1.807) is 0 Å². The van der Waals surface area contributed by atoms with Crippen molar-refractivity contribution < 1.29 is 9.90 Å². The van der Waals surface area contributed by atoms with Crippen molar-refractivity contribution in [2.75, 3.05) is 0 Å². The molecule has 2 nitrogen and oxygen atoms in total. The molecule has 0 aliphatic heterocycles. The van der Waals surface area contributed by atoms with Crippen LogP contribution in [0.3, 0.4) is 0 Å². The summed E-state index contributed by atoms with van der Waals surface area (Å²) in [5.41, 5.74) is 0.101. The summed E-state index contributed by atoms with van der Waals surface area (Å²) < 4.78 is 0. The molecule has 1 fully saturated rings. The van der Waals surface area contributed by atoms with Crippen LogP contribution >= 0.6 is 0 Å². The van der Waals surface area contributed by atoms with E-state index in [4.69, 9.17) is 5.11 Å². The third-order valence-corrected chi connectivity index (χ3v) is 3.86. The molecule has 0 heterocycles. The summed E-state index contributed by atoms with van der Waals surface area (Å²) in [4.78, 5) is 11.1. The Morgan fingerprint density at radius 3 is 2.38 bits per heavy atom. The van der Waals surface area contributed by atoms with E-state index in [2.05, 4.69) is 13.8 Å². The molecule has 0 aromatic heterocycles. The maximum Gasteiger partial charge on any atom is 0.307 e. The number of hydrogen-bond donors (Lipinski definition) is 1. The van der Waals surface area contributed by atoms with E-state index in [1.165, 1.54) is 6.42 Å². The molecule has 0 aromatic rings. The third kappa shape index (κ3) is 1.87. The van der Waals surface area contributed by atoms with Gasteiger partial charge in [0, 0.05) is 0 Å². The Morgan fingerprint density at radius 2 is 2.00 bits per heavy atom. The summed E-state index contributed by atoms with van der Waals surface area (Å²) in [6.07, 6.45) is 6.33. The highest BCUT2D eigenvalue weighted by molar-refractivity contribution is 5.71. The molecule has 0 aromatic carbocycles. The summed E-state index contributed by atoms with van der Waals surface area (Å²) in [5.74, 6) is -0.667. The Morgan fingerprint density at radius 1 is 1.38 bits per heavy atom. The van der Waals surface area contributed by atoms with Crippen molar-refractivity contribution in [1.82, 2.24) is 0 Å². The molecule has 1 saturated carbocycles. The lowest BCUT2D eigenvalue weighted by atomic mass is 9.63. The quantitative estimate of drug-likeness (QED) is 0.732. The van der Waals surface area contributed by atoms with Crippen LogP contribution in [0, 0.1) is 11.3 Å². The number of aliphatic carboxylic acids is 1. The van der Waals surface area contributed by atoms with E-state index in [1.807, 2.05) is 0 Å². The van der Waals surface area contributed by atoms with Crippen LogP contribution in [0.5, 0.6) is 0 Å². The molecule has 0 saturated heterocycles. The Hall–Kier alpha value is -0.530. The second kappa shape index (κ2) is 4.12. The number of hydrogen-bond acceptors (Lipinski definition) is 1. The molecule has 2 heteroatoms. The van der Waals surface area contributed by atoms with Crippen LogP contribution in [-0.2, 0) is 4.79 Å². The van der Waals surface area contributed by atoms with E-state index < -0.39 is 5.97 Å². The molecule has 1 atom stereocenters. The predicted octanol–water partition coefficient (Wildman–Crippen LogP) is 3.07. The number of rotatable bonds is 3. The molecular weight excluding hydrogens is 164 g/mol. The molecule has 0 bridgehead atoms. The van der Waals surface area contributed by atoms with E-state index in [0.29, 0.717) is 0 Å². The summed E-state index contributed by atoms with van der Waals surface area (Å²) in [7, 11) is 0. The van der Waals surface area contributed by atoms with Crippen molar-refractivity contribution in [3.8, 4) is 0 Å². The van der Waals surface area contributed by atoms with Crippen LogP contribution in [0.4, 0.5) is 0 Å². The largest absolute Gasteiger partial charge is 0.481 e. The lowest BCUT2D eigenvalue weighted by Gasteiger charge is -2.41. The van der Waals surface area contributed by atoms with Crippen molar-refractivity contribution in [3.63, 3.8) is 0 Å². The Labute approximate surface area is 80.3 Å². The smallest absolute Gasteiger partial charge is 0.307 e. The van der Waals surface area contributed by atoms with Gasteiger partial charge in [-0.3, -0.25) is 4.79 Å². The predicted molar refractivity (Wildman–Crippen MR) is 52.6 cm³/mol. The second-order valence-corrected chi connectivity index (χ2v) is 4.21. The molecule has 1 rings (SSSR count). The van der Waals surface area contributed by atoms with Gasteiger partial charge in [-0.15, -0.1) is 0 Å². The van der Waals surface area contributed by atoms with Crippen molar-refractivity contribution in [2.45, 2.75) is 52.4 Å². The van der Waals surface area contributed by atoms with E-state index >= 15 is 0 Å². The van der Waals surface area contributed by atoms with Crippen molar-refractivity contribution in [2.24, 2.45) is 11.3 Å². The standard InChI is InChI=1S/C11H20O2/c1-3-11(4-2)8-6-5-7-9(11)10(12)13/h9H,3-8H2,1-2H3,(H,12,13). The van der Waals surface area contributed by atoms with Crippen LogP contribution in [0.15, 0.2) is 0 Å². The SMILES string of the molecule is CCC1(CC)CCCCC1C(=O)O. The van der Waals surface area contributed by atoms with Gasteiger partial charge in [0.05, 0.1) is 5.92 Å². The first-order valence-electron chi connectivity index (χ1n) is 5.39. The highest BCUT2D eigenvalue weighted by atomic mass is 16.4. The number of carboxylic acids is 1. The molecule has 1 aliphatic carbocycles. The average Bonchev–Trinajstić information content (AvgIpc) is 2.17. The number of carboxylic acid groups (broad SMARTS) is 1. The van der Waals surface area contributed by atoms with Gasteiger partial charge in [-0.1, -0.05) is 26.7 Å². The van der Waals surface area contributed by atoms with Crippen molar-refractivity contribution >= 4 is 5.97 Å². The van der Waals surface area contributed by atoms with E-state index in [0.717, 1.165) is 32.1 Å². The summed E-state index contributed by atoms with van der Waals surface area (Å²) in [6.45, 7) is 4.26. The molecule has 0 spiro atoms. The molecule has 0 radical (unpaired) electrons. The third-order valence-electron chi connectivity index (χ3n) is 3.86. The van der Waals surface area contributed by atoms with Crippen LogP contribution in [0.25, 0.3) is 0 Å². The van der Waals surface area contributed by atoms with Gasteiger partial charge in [-0.2, -0.15) is 0 Å². The zero-order valence-electron chi connectivity index (χ0n) is 8.68. The normalized spacial score (nSPS) is 27.1. The van der Waals surface area contributed by atoms with Crippen LogP contribution < -0.4 is 0 Å². The van der Waals surface area contributed by atoms with Crippen molar-refractivity contribution in [1.29, 1.82) is 0 Å². The summed E-state index contributed by atoms with van der Waals surface area (Å²) in [5, 5.41) is 9.14. The molecular formula is C11H20O2. The minimum Gasteiger partial charge on any atom is -0.481 e. The molecule has 0 amide bonds. The van der Waals surface area contributed by atoms with Gasteiger partial charge in [-0.25, -0.2) is 0 Å². The minimum atomic E-state index is -0.580. The summed E-state index contributed by atoms with van der Waals surface area (Å²) >= 11 is 0. The Kier molecular flexibility index (Phi) is 3.34. The first-order valence-corrected chi connectivity index (χ1v) is 5.39. The average molecular weight is 184 g/mol. The molecule has 1 aliphatic rings. The van der Waals surface area contributed by atoms with E-state index in [9.17, 15) is 4.79 Å². The maximum absolute atomic E-state index is 11.1. The van der Waals surface area contributed by atoms with E-state index in [-0.39, 0.29) is 11.3 Å². The lowest BCUT2D eigenvalue weighted by Crippen LogP contribution is -2.37. The maximum atomic E-state index is 11.1. The van der Waals surface area contributed by atoms with Crippen LogP contribution in [0.1, 0.15) is 52.4 Å². The fraction of sp³-hybridized carbons (Fsp3) is 0.909. The first-order chi connectivity index (χ1) is 6.16. The zero-order chi connectivity index (χ0) is 9.90. The minimum absolute atomic E-state index is 0.0868. The zero-order valence-corrected chi connectivity index (χ0v) is 8.68. The van der Waals surface area contributed by atoms with Gasteiger partial charge < -0.3 is 5.11 Å². The Balaban J connectivity index is 2.81. The lowest BCUT2D eigenvalue weighted by molar-refractivity contribution is -0.149. The van der Waals surface area contributed by atoms with Gasteiger partial charge in [0.1, 0.15) is 0 Å². The molecule has 1 unspecified atom stereocenters. The number of carbonyl (C=O) groups is 1. The fourth-order valence-corrected chi connectivity index (χ4v) is 2.79. The molecule has 1 N–H and O–H groups in total. The van der Waals surface area contributed by atoms with Gasteiger partial charge in [0.25, 0.3) is 0 Å². The van der Waals surface area contributed by atoms with Gasteiger partial charge >= 0.3 is 5.97 Å². The van der Waals surface area contributed by atoms with Crippen molar-refractivity contribution in [3.05, 3.63) is 0 Å². The first kappa shape index (κ1) is 10.6. The fourth-order valence-electron chi connectivity index (χ4n) is 2.79. The Bertz CT molecular complexity index is 183. The highest BCUT2D eigenvalue weighted by Gasteiger charge is 2.41. The second-order valence-electron chi connectivity index (χ2n) is 4.21. The summed E-state index contributed by atoms with van der Waals surface area (Å²) in [6, 6.07) is 0. The molecule has 76 valence electrons.